The fraction of sp³-hybridized carbons (Fsp3) is 0.111. The van der Waals surface area contributed by atoms with Gasteiger partial charge in [0.1, 0.15) is 5.75 Å². The Morgan fingerprint density at radius 3 is 2.43 bits per heavy atom. The van der Waals surface area contributed by atoms with Gasteiger partial charge in [-0.2, -0.15) is 5.10 Å². The summed E-state index contributed by atoms with van der Waals surface area (Å²) in [7, 11) is 0. The number of phenols is 1. The Labute approximate surface area is 134 Å². The third kappa shape index (κ3) is 3.23. The molecule has 0 fully saturated rings. The Morgan fingerprint density at radius 1 is 1.09 bits per heavy atom. The molecule has 0 aliphatic carbocycles. The van der Waals surface area contributed by atoms with Crippen LogP contribution in [0.1, 0.15) is 21.7 Å². The predicted molar refractivity (Wildman–Crippen MR) is 89.1 cm³/mol. The van der Waals surface area contributed by atoms with Crippen LogP contribution < -0.4 is 5.32 Å². The molecule has 0 bridgehead atoms. The molecule has 116 valence electrons. The molecule has 3 rings (SSSR count). The van der Waals surface area contributed by atoms with Gasteiger partial charge in [-0.3, -0.25) is 4.79 Å². The van der Waals surface area contributed by atoms with Gasteiger partial charge in [-0.05, 0) is 56.3 Å². The fourth-order valence-electron chi connectivity index (χ4n) is 2.43. The van der Waals surface area contributed by atoms with E-state index in [1.165, 1.54) is 6.07 Å². The van der Waals surface area contributed by atoms with Crippen LogP contribution in [0.5, 0.6) is 5.75 Å². The van der Waals surface area contributed by atoms with Crippen LogP contribution in [0.15, 0.2) is 54.6 Å². The van der Waals surface area contributed by atoms with Crippen molar-refractivity contribution < 1.29 is 9.90 Å². The van der Waals surface area contributed by atoms with Crippen LogP contribution in [-0.4, -0.2) is 20.8 Å². The molecule has 2 N–H and O–H groups in total. The second-order valence-corrected chi connectivity index (χ2v) is 5.39. The summed E-state index contributed by atoms with van der Waals surface area (Å²) in [4.78, 5) is 12.2. The van der Waals surface area contributed by atoms with E-state index < -0.39 is 0 Å². The molecule has 5 nitrogen and oxygen atoms in total. The number of rotatable bonds is 3. The SMILES string of the molecule is Cc1cc(C)n(-c2ccc(C(=O)Nc3cccc(O)c3)cc2)n1. The first-order chi connectivity index (χ1) is 11.0. The van der Waals surface area contributed by atoms with Crippen LogP contribution in [0.25, 0.3) is 5.69 Å². The average Bonchev–Trinajstić information content (AvgIpc) is 2.86. The number of amides is 1. The Balaban J connectivity index is 1.79. The topological polar surface area (TPSA) is 67.2 Å². The second-order valence-electron chi connectivity index (χ2n) is 5.39. The quantitative estimate of drug-likeness (QED) is 0.779. The summed E-state index contributed by atoms with van der Waals surface area (Å²) in [6.07, 6.45) is 0. The Hall–Kier alpha value is -3.08. The van der Waals surface area contributed by atoms with E-state index in [0.717, 1.165) is 17.1 Å². The highest BCUT2D eigenvalue weighted by atomic mass is 16.3. The summed E-state index contributed by atoms with van der Waals surface area (Å²) in [5.41, 5.74) is 3.99. The molecule has 5 heteroatoms. The van der Waals surface area contributed by atoms with Gasteiger partial charge < -0.3 is 10.4 Å². The smallest absolute Gasteiger partial charge is 0.255 e. The molecule has 23 heavy (non-hydrogen) atoms. The van der Waals surface area contributed by atoms with Crippen molar-refractivity contribution in [3.8, 4) is 11.4 Å². The fourth-order valence-corrected chi connectivity index (χ4v) is 2.43. The van der Waals surface area contributed by atoms with Crippen LogP contribution >= 0.6 is 0 Å². The van der Waals surface area contributed by atoms with Gasteiger partial charge in [0.25, 0.3) is 5.91 Å². The molecule has 0 saturated heterocycles. The maximum atomic E-state index is 12.2. The number of aryl methyl sites for hydroxylation is 2. The summed E-state index contributed by atoms with van der Waals surface area (Å²) < 4.78 is 1.84. The van der Waals surface area contributed by atoms with Crippen LogP contribution in [-0.2, 0) is 0 Å². The number of carbonyl (C=O) groups excluding carboxylic acids is 1. The van der Waals surface area contributed by atoms with Crippen molar-refractivity contribution in [2.45, 2.75) is 13.8 Å². The van der Waals surface area contributed by atoms with E-state index in [1.54, 1.807) is 30.3 Å². The van der Waals surface area contributed by atoms with Gasteiger partial charge in [-0.15, -0.1) is 0 Å². The van der Waals surface area contributed by atoms with Gasteiger partial charge in [0.15, 0.2) is 0 Å². The van der Waals surface area contributed by atoms with Crippen molar-refractivity contribution in [2.75, 3.05) is 5.32 Å². The number of hydrogen-bond acceptors (Lipinski definition) is 3. The zero-order chi connectivity index (χ0) is 16.4. The van der Waals surface area contributed by atoms with E-state index in [4.69, 9.17) is 0 Å². The normalized spacial score (nSPS) is 10.5. The van der Waals surface area contributed by atoms with Gasteiger partial charge in [-0.25, -0.2) is 4.68 Å². The summed E-state index contributed by atoms with van der Waals surface area (Å²) in [5.74, 6) is -0.113. The molecule has 1 aromatic heterocycles. The van der Waals surface area contributed by atoms with Gasteiger partial charge >= 0.3 is 0 Å². The number of aromatic nitrogens is 2. The maximum absolute atomic E-state index is 12.2. The molecular weight excluding hydrogens is 290 g/mol. The van der Waals surface area contributed by atoms with E-state index in [9.17, 15) is 9.90 Å². The third-order valence-electron chi connectivity index (χ3n) is 3.49. The Kier molecular flexibility index (Phi) is 3.85. The molecule has 0 unspecified atom stereocenters. The number of carbonyl (C=O) groups is 1. The van der Waals surface area contributed by atoms with Crippen molar-refractivity contribution in [1.82, 2.24) is 9.78 Å². The first-order valence-electron chi connectivity index (χ1n) is 7.27. The van der Waals surface area contributed by atoms with Crippen LogP contribution in [0.2, 0.25) is 0 Å². The molecule has 0 aliphatic rings. The van der Waals surface area contributed by atoms with Crippen molar-refractivity contribution in [2.24, 2.45) is 0 Å². The minimum Gasteiger partial charge on any atom is -0.508 e. The van der Waals surface area contributed by atoms with Crippen LogP contribution in [0.3, 0.4) is 0 Å². The number of phenolic OH excluding ortho intramolecular Hbond substituents is 1. The maximum Gasteiger partial charge on any atom is 0.255 e. The second kappa shape index (κ2) is 5.96. The zero-order valence-corrected chi connectivity index (χ0v) is 12.9. The van der Waals surface area contributed by atoms with E-state index in [-0.39, 0.29) is 11.7 Å². The van der Waals surface area contributed by atoms with Gasteiger partial charge in [0, 0.05) is 23.0 Å². The molecule has 0 spiro atoms. The molecule has 0 atom stereocenters. The molecular formula is C18H17N3O2. The number of nitrogens with one attached hydrogen (secondary N) is 1. The lowest BCUT2D eigenvalue weighted by Crippen LogP contribution is -2.12. The summed E-state index contributed by atoms with van der Waals surface area (Å²) >= 11 is 0. The molecule has 2 aromatic carbocycles. The first kappa shape index (κ1) is 14.8. The molecule has 0 saturated carbocycles. The van der Waals surface area contributed by atoms with Gasteiger partial charge in [-0.1, -0.05) is 6.07 Å². The number of benzene rings is 2. The summed E-state index contributed by atoms with van der Waals surface area (Å²) in [5, 5.41) is 16.6. The highest BCUT2D eigenvalue weighted by Crippen LogP contribution is 2.17. The number of hydrogen-bond donors (Lipinski definition) is 2. The lowest BCUT2D eigenvalue weighted by atomic mass is 10.2. The van der Waals surface area contributed by atoms with Crippen LogP contribution in [0, 0.1) is 13.8 Å². The lowest BCUT2D eigenvalue weighted by Gasteiger charge is -2.08. The third-order valence-corrected chi connectivity index (χ3v) is 3.49. The van der Waals surface area contributed by atoms with E-state index in [1.807, 2.05) is 36.7 Å². The largest absolute Gasteiger partial charge is 0.508 e. The van der Waals surface area contributed by atoms with Crippen molar-refractivity contribution in [1.29, 1.82) is 0 Å². The Bertz CT molecular complexity index is 851. The highest BCUT2D eigenvalue weighted by molar-refractivity contribution is 6.04. The first-order valence-corrected chi connectivity index (χ1v) is 7.27. The van der Waals surface area contributed by atoms with Gasteiger partial charge in [0.2, 0.25) is 0 Å². The standard InChI is InChI=1S/C18H17N3O2/c1-12-10-13(2)21(20-12)16-8-6-14(7-9-16)18(23)19-15-4-3-5-17(22)11-15/h3-11,22H,1-2H3,(H,19,23). The highest BCUT2D eigenvalue weighted by Gasteiger charge is 2.08. The zero-order valence-electron chi connectivity index (χ0n) is 12.9. The lowest BCUT2D eigenvalue weighted by molar-refractivity contribution is 0.102. The van der Waals surface area contributed by atoms with Crippen molar-refractivity contribution in [3.63, 3.8) is 0 Å². The van der Waals surface area contributed by atoms with Gasteiger partial charge in [0.05, 0.1) is 11.4 Å². The average molecular weight is 307 g/mol. The van der Waals surface area contributed by atoms with E-state index in [0.29, 0.717) is 11.3 Å². The van der Waals surface area contributed by atoms with Crippen molar-refractivity contribution >= 4 is 11.6 Å². The number of nitrogens with zero attached hydrogens (tertiary/aromatic N) is 2. The molecule has 0 radical (unpaired) electrons. The van der Waals surface area contributed by atoms with E-state index in [2.05, 4.69) is 10.4 Å². The number of aromatic hydroxyl groups is 1. The van der Waals surface area contributed by atoms with E-state index >= 15 is 0 Å². The Morgan fingerprint density at radius 2 is 1.83 bits per heavy atom. The minimum atomic E-state index is -0.226. The predicted octanol–water partition coefficient (Wildman–Crippen LogP) is 3.45. The molecule has 1 heterocycles. The summed E-state index contributed by atoms with van der Waals surface area (Å²) in [6, 6.07) is 15.7. The molecule has 1 amide bonds. The molecule has 0 aliphatic heterocycles. The monoisotopic (exact) mass is 307 g/mol. The van der Waals surface area contributed by atoms with Crippen LogP contribution in [0.4, 0.5) is 5.69 Å². The number of anilines is 1. The summed E-state index contributed by atoms with van der Waals surface area (Å²) in [6.45, 7) is 3.93. The minimum absolute atomic E-state index is 0.114. The van der Waals surface area contributed by atoms with Crippen molar-refractivity contribution in [3.05, 3.63) is 71.5 Å². The molecule has 3 aromatic rings.